The Balaban J connectivity index is 1.68. The molecule has 0 atom stereocenters. The standard InChI is InChI=1S/C26H19N5O7S/c1-13(32)27-15-7-9-19(18(11-15)26(34)35)30-31-23-21(39(36,37)38)12-17-16(24(23)33)8-10-20-22(17)29-25(28-20)14-5-3-2-4-6-14/h2-12,33H,1H3,(H,27,32)(H,28,29)(H,34,35)(H,36,37,38)/b31-30+. The van der Waals surface area contributed by atoms with E-state index in [4.69, 9.17) is 0 Å². The molecule has 0 unspecified atom stereocenters. The molecule has 0 spiro atoms. The van der Waals surface area contributed by atoms with E-state index in [1.807, 2.05) is 30.3 Å². The number of phenols is 1. The average Bonchev–Trinajstić information content (AvgIpc) is 3.33. The number of nitrogens with one attached hydrogen (secondary N) is 2. The second kappa shape index (κ2) is 9.63. The Hall–Kier alpha value is -5.14. The highest BCUT2D eigenvalue weighted by Crippen LogP contribution is 2.43. The van der Waals surface area contributed by atoms with Crippen LogP contribution >= 0.6 is 0 Å². The van der Waals surface area contributed by atoms with Crippen molar-refractivity contribution in [3.05, 3.63) is 72.3 Å². The molecule has 12 nitrogen and oxygen atoms in total. The predicted molar refractivity (Wildman–Crippen MR) is 142 cm³/mol. The summed E-state index contributed by atoms with van der Waals surface area (Å²) in [4.78, 5) is 30.0. The van der Waals surface area contributed by atoms with E-state index in [9.17, 15) is 32.8 Å². The number of phenolic OH excluding ortho intramolecular Hbond substituents is 1. The summed E-state index contributed by atoms with van der Waals surface area (Å²) in [6.07, 6.45) is 0. The van der Waals surface area contributed by atoms with Crippen LogP contribution < -0.4 is 5.32 Å². The van der Waals surface area contributed by atoms with Crippen molar-refractivity contribution in [2.75, 3.05) is 5.32 Å². The van der Waals surface area contributed by atoms with Gasteiger partial charge in [-0.05, 0) is 36.4 Å². The Labute approximate surface area is 220 Å². The Kier molecular flexibility index (Phi) is 6.30. The van der Waals surface area contributed by atoms with Crippen molar-refractivity contribution >= 4 is 60.9 Å². The van der Waals surface area contributed by atoms with Gasteiger partial charge in [-0.3, -0.25) is 9.35 Å². The lowest BCUT2D eigenvalue weighted by Crippen LogP contribution is -2.07. The van der Waals surface area contributed by atoms with Crippen LogP contribution in [0.3, 0.4) is 0 Å². The summed E-state index contributed by atoms with van der Waals surface area (Å²) in [5.74, 6) is -1.89. The topological polar surface area (TPSA) is 194 Å². The van der Waals surface area contributed by atoms with Gasteiger partial charge in [-0.25, -0.2) is 9.78 Å². The lowest BCUT2D eigenvalue weighted by atomic mass is 10.1. The molecule has 1 amide bonds. The molecule has 0 aliphatic carbocycles. The zero-order chi connectivity index (χ0) is 27.9. The summed E-state index contributed by atoms with van der Waals surface area (Å²) in [5.41, 5.74) is 0.767. The first-order valence-corrected chi connectivity index (χ1v) is 12.7. The van der Waals surface area contributed by atoms with Gasteiger partial charge in [0.05, 0.1) is 16.6 Å². The Morgan fingerprint density at radius 3 is 2.38 bits per heavy atom. The van der Waals surface area contributed by atoms with Crippen LogP contribution in [0.2, 0.25) is 0 Å². The monoisotopic (exact) mass is 545 g/mol. The van der Waals surface area contributed by atoms with Crippen LogP contribution in [0.15, 0.2) is 81.9 Å². The number of carbonyl (C=O) groups excluding carboxylic acids is 1. The number of hydrogen-bond donors (Lipinski definition) is 5. The van der Waals surface area contributed by atoms with Gasteiger partial charge in [-0.1, -0.05) is 30.3 Å². The van der Waals surface area contributed by atoms with E-state index in [1.165, 1.54) is 25.1 Å². The molecule has 0 saturated carbocycles. The predicted octanol–water partition coefficient (Wildman–Crippen LogP) is 5.41. The number of nitrogens with zero attached hydrogens (tertiary/aromatic N) is 3. The minimum Gasteiger partial charge on any atom is -0.505 e. The van der Waals surface area contributed by atoms with Gasteiger partial charge in [0.2, 0.25) is 5.91 Å². The number of H-pyrrole nitrogens is 1. The molecule has 0 radical (unpaired) electrons. The van der Waals surface area contributed by atoms with Crippen LogP contribution in [0.25, 0.3) is 33.2 Å². The molecule has 0 fully saturated rings. The van der Waals surface area contributed by atoms with Gasteiger partial charge < -0.3 is 20.5 Å². The molecule has 0 saturated heterocycles. The zero-order valence-corrected chi connectivity index (χ0v) is 20.9. The maximum Gasteiger partial charge on any atom is 0.338 e. The molecular formula is C26H19N5O7S. The summed E-state index contributed by atoms with van der Waals surface area (Å²) < 4.78 is 34.6. The van der Waals surface area contributed by atoms with E-state index in [0.29, 0.717) is 16.9 Å². The summed E-state index contributed by atoms with van der Waals surface area (Å²) in [6, 6.07) is 17.3. The minimum atomic E-state index is -4.92. The highest BCUT2D eigenvalue weighted by Gasteiger charge is 2.24. The SMILES string of the molecule is CC(=O)Nc1ccc(/N=N/c2c(S(=O)(=O)O)cc3c(ccc4nc(-c5ccccc5)[nH]c43)c2O)c(C(=O)O)c1. The largest absolute Gasteiger partial charge is 0.505 e. The van der Waals surface area contributed by atoms with E-state index in [0.717, 1.165) is 17.7 Å². The molecule has 13 heteroatoms. The van der Waals surface area contributed by atoms with Crippen molar-refractivity contribution in [1.82, 2.24) is 9.97 Å². The normalized spacial score (nSPS) is 11.8. The molecule has 1 aromatic heterocycles. The molecule has 1 heterocycles. The molecule has 0 aliphatic rings. The quantitative estimate of drug-likeness (QED) is 0.138. The van der Waals surface area contributed by atoms with E-state index in [2.05, 4.69) is 25.5 Å². The van der Waals surface area contributed by atoms with Gasteiger partial charge in [-0.2, -0.15) is 8.42 Å². The third-order valence-corrected chi connectivity index (χ3v) is 6.68. The smallest absolute Gasteiger partial charge is 0.338 e. The van der Waals surface area contributed by atoms with Crippen molar-refractivity contribution in [1.29, 1.82) is 0 Å². The Morgan fingerprint density at radius 1 is 0.974 bits per heavy atom. The third kappa shape index (κ3) is 4.91. The number of azo groups is 1. The number of benzene rings is 4. The molecule has 0 aliphatic heterocycles. The van der Waals surface area contributed by atoms with Crippen molar-refractivity contribution in [2.24, 2.45) is 10.2 Å². The van der Waals surface area contributed by atoms with Crippen LogP contribution in [-0.2, 0) is 14.9 Å². The number of carboxylic acids is 1. The van der Waals surface area contributed by atoms with Gasteiger partial charge in [0.25, 0.3) is 10.1 Å². The number of aromatic hydroxyl groups is 1. The molecular weight excluding hydrogens is 526 g/mol. The number of carboxylic acid groups (broad SMARTS) is 1. The number of aromatic amines is 1. The second-order valence-electron chi connectivity index (χ2n) is 8.47. The van der Waals surface area contributed by atoms with Crippen LogP contribution in [0.1, 0.15) is 17.3 Å². The molecule has 0 bridgehead atoms. The number of imidazole rings is 1. The van der Waals surface area contributed by atoms with Crippen molar-refractivity contribution < 1.29 is 32.8 Å². The first-order chi connectivity index (χ1) is 18.5. The summed E-state index contributed by atoms with van der Waals surface area (Å²) in [7, 11) is -4.92. The van der Waals surface area contributed by atoms with Crippen LogP contribution in [0.4, 0.5) is 17.1 Å². The molecule has 4 aromatic carbocycles. The maximum absolute atomic E-state index is 12.3. The fourth-order valence-corrected chi connectivity index (χ4v) is 4.75. The number of carbonyl (C=O) groups is 2. The highest BCUT2D eigenvalue weighted by molar-refractivity contribution is 7.86. The maximum atomic E-state index is 12.3. The fraction of sp³-hybridized carbons (Fsp3) is 0.0385. The van der Waals surface area contributed by atoms with E-state index >= 15 is 0 Å². The fourth-order valence-electron chi connectivity index (χ4n) is 4.10. The van der Waals surface area contributed by atoms with Gasteiger partial charge in [0, 0.05) is 28.9 Å². The van der Waals surface area contributed by atoms with Gasteiger partial charge in [0.15, 0.2) is 5.75 Å². The van der Waals surface area contributed by atoms with Crippen molar-refractivity contribution in [3.8, 4) is 17.1 Å². The number of aromatic carboxylic acids is 1. The van der Waals surface area contributed by atoms with E-state index in [1.54, 1.807) is 6.07 Å². The van der Waals surface area contributed by atoms with E-state index in [-0.39, 0.29) is 27.7 Å². The van der Waals surface area contributed by atoms with E-state index < -0.39 is 38.3 Å². The molecule has 39 heavy (non-hydrogen) atoms. The molecule has 5 aromatic rings. The van der Waals surface area contributed by atoms with Gasteiger partial charge >= 0.3 is 5.97 Å². The Bertz CT molecular complexity index is 1930. The van der Waals surface area contributed by atoms with Gasteiger partial charge in [0.1, 0.15) is 22.1 Å². The van der Waals surface area contributed by atoms with Gasteiger partial charge in [-0.15, -0.1) is 10.2 Å². The third-order valence-electron chi connectivity index (χ3n) is 5.82. The number of rotatable bonds is 6. The highest BCUT2D eigenvalue weighted by atomic mass is 32.2. The number of hydrogen-bond acceptors (Lipinski definition) is 8. The number of fused-ring (bicyclic) bond motifs is 3. The second-order valence-corrected chi connectivity index (χ2v) is 9.86. The van der Waals surface area contributed by atoms with Crippen LogP contribution in [0, 0.1) is 0 Å². The number of amides is 1. The summed E-state index contributed by atoms with van der Waals surface area (Å²) in [6.45, 7) is 1.26. The van der Waals surface area contributed by atoms with Crippen LogP contribution in [0.5, 0.6) is 5.75 Å². The number of anilines is 1. The average molecular weight is 546 g/mol. The molecule has 5 rings (SSSR count). The Morgan fingerprint density at radius 2 is 1.72 bits per heavy atom. The van der Waals surface area contributed by atoms with Crippen molar-refractivity contribution in [3.63, 3.8) is 0 Å². The lowest BCUT2D eigenvalue weighted by Gasteiger charge is -2.10. The molecule has 5 N–H and O–H groups in total. The van der Waals surface area contributed by atoms with Crippen molar-refractivity contribution in [2.45, 2.75) is 11.8 Å². The minimum absolute atomic E-state index is 0.186. The number of aromatic nitrogens is 2. The zero-order valence-electron chi connectivity index (χ0n) is 20.1. The van der Waals surface area contributed by atoms with Crippen LogP contribution in [-0.4, -0.2) is 45.0 Å². The molecule has 196 valence electrons. The summed E-state index contributed by atoms with van der Waals surface area (Å²) >= 11 is 0. The first-order valence-electron chi connectivity index (χ1n) is 11.3. The lowest BCUT2D eigenvalue weighted by molar-refractivity contribution is -0.114. The first kappa shape index (κ1) is 25.5. The summed E-state index contributed by atoms with van der Waals surface area (Å²) in [5, 5.41) is 31.2.